The Morgan fingerprint density at radius 1 is 1.17 bits per heavy atom. The number of hydrogen-bond acceptors (Lipinski definition) is 7. The first-order chi connectivity index (χ1) is 14.0. The fourth-order valence-corrected chi connectivity index (χ4v) is 3.13. The maximum Gasteiger partial charge on any atom is 0.255 e. The van der Waals surface area contributed by atoms with Gasteiger partial charge >= 0.3 is 0 Å². The van der Waals surface area contributed by atoms with Crippen LogP contribution in [0.3, 0.4) is 0 Å². The summed E-state index contributed by atoms with van der Waals surface area (Å²) in [5.74, 6) is 1.24. The van der Waals surface area contributed by atoms with Gasteiger partial charge in [0.05, 0.1) is 27.4 Å². The van der Waals surface area contributed by atoms with Crippen molar-refractivity contribution in [2.45, 2.75) is 19.9 Å². The smallest absolute Gasteiger partial charge is 0.255 e. The maximum absolute atomic E-state index is 12.7. The molecule has 1 aliphatic rings. The lowest BCUT2D eigenvalue weighted by atomic mass is 10.2. The number of carbonyl (C=O) groups excluding carboxylic acids is 1. The first-order valence-electron chi connectivity index (χ1n) is 9.51. The van der Waals surface area contributed by atoms with Crippen LogP contribution in [0.4, 0.5) is 11.6 Å². The Balaban J connectivity index is 1.83. The molecule has 1 fully saturated rings. The third-order valence-electron chi connectivity index (χ3n) is 4.67. The van der Waals surface area contributed by atoms with Crippen LogP contribution in [0.15, 0.2) is 29.1 Å². The third kappa shape index (κ3) is 4.86. The van der Waals surface area contributed by atoms with Crippen LogP contribution >= 0.6 is 0 Å². The second-order valence-electron chi connectivity index (χ2n) is 6.54. The van der Waals surface area contributed by atoms with Gasteiger partial charge in [-0.1, -0.05) is 6.92 Å². The molecule has 1 aromatic heterocycles. The number of aryl methyl sites for hydroxylation is 1. The minimum Gasteiger partial charge on any atom is -0.493 e. The Hall–Kier alpha value is -3.07. The number of morpholine rings is 1. The zero-order valence-corrected chi connectivity index (χ0v) is 16.9. The van der Waals surface area contributed by atoms with E-state index in [0.717, 1.165) is 0 Å². The predicted molar refractivity (Wildman–Crippen MR) is 109 cm³/mol. The third-order valence-corrected chi connectivity index (χ3v) is 4.67. The summed E-state index contributed by atoms with van der Waals surface area (Å²) in [6.07, 6.45) is 0.644. The van der Waals surface area contributed by atoms with E-state index in [1.165, 1.54) is 17.7 Å². The zero-order valence-electron chi connectivity index (χ0n) is 16.9. The van der Waals surface area contributed by atoms with Crippen molar-refractivity contribution in [2.75, 3.05) is 50.7 Å². The van der Waals surface area contributed by atoms with Gasteiger partial charge in [0.2, 0.25) is 11.9 Å². The molecule has 0 bridgehead atoms. The number of anilines is 2. The number of benzene rings is 1. The molecule has 0 aliphatic carbocycles. The summed E-state index contributed by atoms with van der Waals surface area (Å²) < 4.78 is 17.3. The average molecular weight is 402 g/mol. The molecule has 9 heteroatoms. The number of aromatic nitrogens is 2. The Labute approximate surface area is 169 Å². The summed E-state index contributed by atoms with van der Waals surface area (Å²) in [7, 11) is 3.07. The topological polar surface area (TPSA) is 94.9 Å². The van der Waals surface area contributed by atoms with Gasteiger partial charge in [0.1, 0.15) is 6.54 Å². The van der Waals surface area contributed by atoms with Gasteiger partial charge in [-0.05, 0) is 18.6 Å². The molecular formula is C20H26N4O5. The van der Waals surface area contributed by atoms with E-state index in [0.29, 0.717) is 61.6 Å². The monoisotopic (exact) mass is 402 g/mol. The molecule has 2 heterocycles. The molecule has 0 spiro atoms. The molecule has 1 amide bonds. The van der Waals surface area contributed by atoms with Crippen LogP contribution in [0.2, 0.25) is 0 Å². The summed E-state index contributed by atoms with van der Waals surface area (Å²) in [6.45, 7) is 4.16. The van der Waals surface area contributed by atoms with Crippen molar-refractivity contribution in [2.24, 2.45) is 0 Å². The van der Waals surface area contributed by atoms with E-state index in [-0.39, 0.29) is 18.0 Å². The number of nitrogens with one attached hydrogen (secondary N) is 1. The Kier molecular flexibility index (Phi) is 6.71. The van der Waals surface area contributed by atoms with Crippen molar-refractivity contribution in [3.63, 3.8) is 0 Å². The number of ether oxygens (including phenoxy) is 3. The lowest BCUT2D eigenvalue weighted by Crippen LogP contribution is -2.42. The minimum absolute atomic E-state index is 0.142. The van der Waals surface area contributed by atoms with Gasteiger partial charge in [-0.2, -0.15) is 0 Å². The van der Waals surface area contributed by atoms with Crippen LogP contribution in [-0.2, 0) is 22.5 Å². The number of rotatable bonds is 7. The molecule has 1 aromatic carbocycles. The van der Waals surface area contributed by atoms with Gasteiger partial charge in [0.15, 0.2) is 11.5 Å². The highest BCUT2D eigenvalue weighted by Gasteiger charge is 2.20. The van der Waals surface area contributed by atoms with E-state index in [1.807, 2.05) is 11.8 Å². The van der Waals surface area contributed by atoms with Crippen molar-refractivity contribution in [3.05, 3.63) is 40.3 Å². The van der Waals surface area contributed by atoms with Crippen LogP contribution in [-0.4, -0.2) is 56.0 Å². The van der Waals surface area contributed by atoms with Gasteiger partial charge in [-0.3, -0.25) is 14.2 Å². The number of carbonyl (C=O) groups is 1. The van der Waals surface area contributed by atoms with Gasteiger partial charge < -0.3 is 24.4 Å². The molecule has 1 N–H and O–H groups in total. The normalized spacial score (nSPS) is 13.8. The van der Waals surface area contributed by atoms with Crippen LogP contribution in [0.5, 0.6) is 11.5 Å². The lowest BCUT2D eigenvalue weighted by molar-refractivity contribution is -0.116. The van der Waals surface area contributed by atoms with E-state index in [4.69, 9.17) is 14.2 Å². The maximum atomic E-state index is 12.7. The molecule has 0 radical (unpaired) electrons. The SMILES string of the molecule is CCc1cc(=O)n(CC(=O)Nc2ccc(OC)c(OC)c2)c(N2CCOCC2)n1. The van der Waals surface area contributed by atoms with E-state index < -0.39 is 0 Å². The summed E-state index contributed by atoms with van der Waals surface area (Å²) in [4.78, 5) is 31.9. The zero-order chi connectivity index (χ0) is 20.8. The Morgan fingerprint density at radius 2 is 1.90 bits per heavy atom. The summed E-state index contributed by atoms with van der Waals surface area (Å²) in [5.41, 5.74) is 1.00. The Morgan fingerprint density at radius 3 is 2.55 bits per heavy atom. The predicted octanol–water partition coefficient (Wildman–Crippen LogP) is 1.30. The van der Waals surface area contributed by atoms with Crippen molar-refractivity contribution >= 4 is 17.5 Å². The largest absolute Gasteiger partial charge is 0.493 e. The van der Waals surface area contributed by atoms with Crippen LogP contribution in [0, 0.1) is 0 Å². The fraction of sp³-hybridized carbons (Fsp3) is 0.450. The van der Waals surface area contributed by atoms with Crippen LogP contribution in [0.1, 0.15) is 12.6 Å². The second-order valence-corrected chi connectivity index (χ2v) is 6.54. The van der Waals surface area contributed by atoms with Crippen molar-refractivity contribution in [1.82, 2.24) is 9.55 Å². The minimum atomic E-state index is -0.333. The lowest BCUT2D eigenvalue weighted by Gasteiger charge is -2.29. The highest BCUT2D eigenvalue weighted by Crippen LogP contribution is 2.29. The molecule has 0 unspecified atom stereocenters. The fourth-order valence-electron chi connectivity index (χ4n) is 3.13. The van der Waals surface area contributed by atoms with E-state index in [9.17, 15) is 9.59 Å². The van der Waals surface area contributed by atoms with Crippen molar-refractivity contribution < 1.29 is 19.0 Å². The molecule has 0 atom stereocenters. The first-order valence-corrected chi connectivity index (χ1v) is 9.51. The molecular weight excluding hydrogens is 376 g/mol. The number of nitrogens with zero attached hydrogens (tertiary/aromatic N) is 3. The molecule has 9 nitrogen and oxygen atoms in total. The van der Waals surface area contributed by atoms with E-state index in [2.05, 4.69) is 10.3 Å². The molecule has 1 saturated heterocycles. The molecule has 2 aromatic rings. The first kappa shape index (κ1) is 20.7. The summed E-state index contributed by atoms with van der Waals surface area (Å²) in [6, 6.07) is 6.56. The molecule has 0 saturated carbocycles. The highest BCUT2D eigenvalue weighted by molar-refractivity contribution is 5.91. The number of amides is 1. The quantitative estimate of drug-likeness (QED) is 0.746. The summed E-state index contributed by atoms with van der Waals surface area (Å²) >= 11 is 0. The Bertz CT molecular complexity index is 922. The second kappa shape index (κ2) is 9.42. The molecule has 1 aliphatic heterocycles. The van der Waals surface area contributed by atoms with Gasteiger partial charge in [0.25, 0.3) is 5.56 Å². The number of hydrogen-bond donors (Lipinski definition) is 1. The van der Waals surface area contributed by atoms with Crippen LogP contribution < -0.4 is 25.2 Å². The molecule has 3 rings (SSSR count). The molecule has 29 heavy (non-hydrogen) atoms. The highest BCUT2D eigenvalue weighted by atomic mass is 16.5. The van der Waals surface area contributed by atoms with Gasteiger partial charge in [-0.15, -0.1) is 0 Å². The van der Waals surface area contributed by atoms with E-state index in [1.54, 1.807) is 25.3 Å². The average Bonchev–Trinajstić information content (AvgIpc) is 2.75. The standard InChI is InChI=1S/C20H26N4O5/c1-4-14-12-19(26)24(20(22-14)23-7-9-29-10-8-23)13-18(25)21-15-5-6-16(27-2)17(11-15)28-3/h5-6,11-12H,4,7-10,13H2,1-3H3,(H,21,25). The van der Waals surface area contributed by atoms with Gasteiger partial charge in [-0.25, -0.2) is 4.98 Å². The molecule has 156 valence electrons. The summed E-state index contributed by atoms with van der Waals surface area (Å²) in [5, 5.41) is 2.80. The number of methoxy groups -OCH3 is 2. The van der Waals surface area contributed by atoms with E-state index >= 15 is 0 Å². The van der Waals surface area contributed by atoms with Crippen molar-refractivity contribution in [3.8, 4) is 11.5 Å². The van der Waals surface area contributed by atoms with Gasteiger partial charge in [0, 0.05) is 36.6 Å². The van der Waals surface area contributed by atoms with Crippen molar-refractivity contribution in [1.29, 1.82) is 0 Å². The van der Waals surface area contributed by atoms with Crippen LogP contribution in [0.25, 0.3) is 0 Å².